The van der Waals surface area contributed by atoms with Crippen LogP contribution in [0.5, 0.6) is 0 Å². The molecule has 1 atom stereocenters. The highest BCUT2D eigenvalue weighted by molar-refractivity contribution is 5.82. The van der Waals surface area contributed by atoms with Crippen LogP contribution in [0.4, 0.5) is 0 Å². The normalized spacial score (nSPS) is 19.6. The molecule has 1 aromatic heterocycles. The largest absolute Gasteiger partial charge is 0.361 e. The Morgan fingerprint density at radius 3 is 2.71 bits per heavy atom. The number of nitrogens with zero attached hydrogens (tertiary/aromatic N) is 2. The summed E-state index contributed by atoms with van der Waals surface area (Å²) in [5.41, 5.74) is 1.54. The van der Waals surface area contributed by atoms with Crippen molar-refractivity contribution in [3.8, 4) is 0 Å². The topological polar surface area (TPSA) is 58.4 Å². The maximum Gasteiger partial charge on any atom is 0.228 e. The third kappa shape index (κ3) is 3.28. The second-order valence-corrected chi connectivity index (χ2v) is 6.73. The van der Waals surface area contributed by atoms with E-state index in [0.29, 0.717) is 12.5 Å². The number of aryl methyl sites for hydroxylation is 2. The summed E-state index contributed by atoms with van der Waals surface area (Å²) in [5, 5.41) is 7.36. The Balaban J connectivity index is 2.07. The molecule has 1 aliphatic heterocycles. The van der Waals surface area contributed by atoms with E-state index in [1.54, 1.807) is 4.90 Å². The summed E-state index contributed by atoms with van der Waals surface area (Å²) in [6.07, 6.45) is 2.26. The first-order valence-electron chi connectivity index (χ1n) is 7.72. The molecular formula is C16H27N3O2. The van der Waals surface area contributed by atoms with E-state index in [1.807, 2.05) is 20.9 Å². The lowest BCUT2D eigenvalue weighted by Gasteiger charge is -2.38. The first-order valence-corrected chi connectivity index (χ1v) is 7.72. The maximum atomic E-state index is 12.9. The summed E-state index contributed by atoms with van der Waals surface area (Å²) >= 11 is 0. The molecule has 21 heavy (non-hydrogen) atoms. The Morgan fingerprint density at radius 1 is 1.48 bits per heavy atom. The Morgan fingerprint density at radius 2 is 2.19 bits per heavy atom. The minimum absolute atomic E-state index is 0.191. The lowest BCUT2D eigenvalue weighted by Crippen LogP contribution is -2.47. The van der Waals surface area contributed by atoms with Gasteiger partial charge < -0.3 is 14.7 Å². The zero-order chi connectivity index (χ0) is 15.6. The lowest BCUT2D eigenvalue weighted by molar-refractivity contribution is -0.143. The highest BCUT2D eigenvalue weighted by atomic mass is 16.5. The van der Waals surface area contributed by atoms with Crippen molar-refractivity contribution in [3.05, 3.63) is 17.0 Å². The van der Waals surface area contributed by atoms with Gasteiger partial charge in [-0.15, -0.1) is 0 Å². The van der Waals surface area contributed by atoms with Crippen LogP contribution in [0, 0.1) is 25.2 Å². The minimum atomic E-state index is -0.346. The van der Waals surface area contributed by atoms with Crippen LogP contribution in [-0.4, -0.2) is 36.1 Å². The van der Waals surface area contributed by atoms with Crippen LogP contribution in [0.2, 0.25) is 0 Å². The third-order valence-electron chi connectivity index (χ3n) is 4.79. The van der Waals surface area contributed by atoms with Gasteiger partial charge in [0.05, 0.1) is 12.2 Å². The molecule has 1 aliphatic rings. The molecule has 2 rings (SSSR count). The molecule has 5 heteroatoms. The lowest BCUT2D eigenvalue weighted by atomic mass is 9.74. The van der Waals surface area contributed by atoms with Crippen LogP contribution < -0.4 is 5.32 Å². The Hall–Kier alpha value is -1.36. The summed E-state index contributed by atoms with van der Waals surface area (Å²) in [7, 11) is 1.87. The van der Waals surface area contributed by atoms with Gasteiger partial charge in [0.25, 0.3) is 0 Å². The molecule has 0 radical (unpaired) electrons. The molecule has 1 amide bonds. The second kappa shape index (κ2) is 6.18. The van der Waals surface area contributed by atoms with Gasteiger partial charge >= 0.3 is 0 Å². The van der Waals surface area contributed by atoms with Crippen molar-refractivity contribution >= 4 is 5.91 Å². The van der Waals surface area contributed by atoms with Gasteiger partial charge in [-0.2, -0.15) is 0 Å². The van der Waals surface area contributed by atoms with E-state index in [4.69, 9.17) is 4.52 Å². The van der Waals surface area contributed by atoms with Crippen molar-refractivity contribution in [1.29, 1.82) is 0 Å². The number of aromatic nitrogens is 1. The van der Waals surface area contributed by atoms with Crippen molar-refractivity contribution in [3.63, 3.8) is 0 Å². The molecule has 0 aromatic carbocycles. The molecule has 118 valence electrons. The number of hydrogen-bond acceptors (Lipinski definition) is 4. The number of hydrogen-bond donors (Lipinski definition) is 1. The summed E-state index contributed by atoms with van der Waals surface area (Å²) in [6.45, 7) is 10.5. The van der Waals surface area contributed by atoms with Crippen LogP contribution in [0.1, 0.15) is 43.7 Å². The summed E-state index contributed by atoms with van der Waals surface area (Å²) in [4.78, 5) is 14.7. The molecule has 2 heterocycles. The number of amides is 1. The molecule has 0 aliphatic carbocycles. The fourth-order valence-electron chi connectivity index (χ4n) is 3.17. The molecule has 0 bridgehead atoms. The van der Waals surface area contributed by atoms with Crippen molar-refractivity contribution in [2.45, 2.75) is 47.1 Å². The predicted octanol–water partition coefficient (Wildman–Crippen LogP) is 2.28. The number of piperidine rings is 1. The fourth-order valence-corrected chi connectivity index (χ4v) is 3.17. The average Bonchev–Trinajstić information content (AvgIpc) is 2.79. The van der Waals surface area contributed by atoms with E-state index in [1.165, 1.54) is 0 Å². The number of carbonyl (C=O) groups is 1. The van der Waals surface area contributed by atoms with Crippen molar-refractivity contribution < 1.29 is 9.32 Å². The quantitative estimate of drug-likeness (QED) is 0.925. The molecule has 0 saturated carbocycles. The van der Waals surface area contributed by atoms with E-state index in [9.17, 15) is 4.79 Å². The van der Waals surface area contributed by atoms with E-state index < -0.39 is 0 Å². The van der Waals surface area contributed by atoms with E-state index >= 15 is 0 Å². The van der Waals surface area contributed by atoms with Crippen molar-refractivity contribution in [2.75, 3.05) is 20.1 Å². The minimum Gasteiger partial charge on any atom is -0.361 e. The van der Waals surface area contributed by atoms with Crippen LogP contribution in [0.25, 0.3) is 0 Å². The Bertz CT molecular complexity index is 482. The first-order chi connectivity index (χ1) is 9.84. The molecule has 5 nitrogen and oxygen atoms in total. The highest BCUT2D eigenvalue weighted by Gasteiger charge is 2.39. The van der Waals surface area contributed by atoms with E-state index in [0.717, 1.165) is 42.9 Å². The molecule has 1 unspecified atom stereocenters. The fraction of sp³-hybridized carbons (Fsp3) is 0.750. The Labute approximate surface area is 127 Å². The smallest absolute Gasteiger partial charge is 0.228 e. The summed E-state index contributed by atoms with van der Waals surface area (Å²) in [6, 6.07) is 0. The summed E-state index contributed by atoms with van der Waals surface area (Å²) < 4.78 is 5.18. The summed E-state index contributed by atoms with van der Waals surface area (Å²) in [5.74, 6) is 1.38. The van der Waals surface area contributed by atoms with Gasteiger partial charge in [0.15, 0.2) is 0 Å². The van der Waals surface area contributed by atoms with E-state index in [-0.39, 0.29) is 11.3 Å². The van der Waals surface area contributed by atoms with Crippen LogP contribution in [-0.2, 0) is 11.3 Å². The molecule has 1 fully saturated rings. The first kappa shape index (κ1) is 16.0. The standard InChI is InChI=1S/C16H27N3O2/c1-11-14(12(2)21-18-11)10-19(5)15(20)16(3,4)13-7-6-8-17-9-13/h13,17H,6-10H2,1-5H3. The number of nitrogens with one attached hydrogen (secondary N) is 1. The zero-order valence-electron chi connectivity index (χ0n) is 13.8. The van der Waals surface area contributed by atoms with Gasteiger partial charge in [-0.25, -0.2) is 0 Å². The van der Waals surface area contributed by atoms with Gasteiger partial charge in [-0.05, 0) is 45.7 Å². The molecule has 1 N–H and O–H groups in total. The van der Waals surface area contributed by atoms with Gasteiger partial charge in [0.1, 0.15) is 5.76 Å². The predicted molar refractivity (Wildman–Crippen MR) is 81.8 cm³/mol. The van der Waals surface area contributed by atoms with Crippen LogP contribution in [0.3, 0.4) is 0 Å². The Kier molecular flexibility index (Phi) is 4.71. The molecule has 1 aromatic rings. The van der Waals surface area contributed by atoms with Crippen molar-refractivity contribution in [1.82, 2.24) is 15.4 Å². The molecular weight excluding hydrogens is 266 g/mol. The monoisotopic (exact) mass is 293 g/mol. The second-order valence-electron chi connectivity index (χ2n) is 6.73. The maximum absolute atomic E-state index is 12.9. The SMILES string of the molecule is Cc1noc(C)c1CN(C)C(=O)C(C)(C)C1CCCNC1. The van der Waals surface area contributed by atoms with Crippen LogP contribution in [0.15, 0.2) is 4.52 Å². The average molecular weight is 293 g/mol. The third-order valence-corrected chi connectivity index (χ3v) is 4.79. The van der Waals surface area contributed by atoms with Gasteiger partial charge in [0, 0.05) is 18.0 Å². The number of carbonyl (C=O) groups excluding carboxylic acids is 1. The van der Waals surface area contributed by atoms with Crippen LogP contribution >= 0.6 is 0 Å². The highest BCUT2D eigenvalue weighted by Crippen LogP contribution is 2.34. The molecule has 0 spiro atoms. The zero-order valence-corrected chi connectivity index (χ0v) is 13.8. The van der Waals surface area contributed by atoms with Gasteiger partial charge in [-0.1, -0.05) is 19.0 Å². The molecule has 1 saturated heterocycles. The van der Waals surface area contributed by atoms with E-state index in [2.05, 4.69) is 24.3 Å². The van der Waals surface area contributed by atoms with Gasteiger partial charge in [-0.3, -0.25) is 4.79 Å². The van der Waals surface area contributed by atoms with Crippen molar-refractivity contribution in [2.24, 2.45) is 11.3 Å². The van der Waals surface area contributed by atoms with Gasteiger partial charge in [0.2, 0.25) is 5.91 Å². The number of rotatable bonds is 4.